The Morgan fingerprint density at radius 1 is 1.24 bits per heavy atom. The molecule has 2 aromatic rings. The van der Waals surface area contributed by atoms with Crippen molar-refractivity contribution in [3.8, 4) is 11.5 Å². The van der Waals surface area contributed by atoms with Gasteiger partial charge in [-0.15, -0.1) is 0 Å². The summed E-state index contributed by atoms with van der Waals surface area (Å²) in [4.78, 5) is 0. The second kappa shape index (κ2) is 6.26. The van der Waals surface area contributed by atoms with Crippen molar-refractivity contribution in [1.29, 1.82) is 0 Å². The van der Waals surface area contributed by atoms with Crippen molar-refractivity contribution in [3.63, 3.8) is 0 Å². The second-order valence-corrected chi connectivity index (χ2v) is 6.14. The van der Waals surface area contributed by atoms with Crippen LogP contribution in [0.3, 0.4) is 0 Å². The fraction of sp³-hybridized carbons (Fsp3) is 0.250. The van der Waals surface area contributed by atoms with Gasteiger partial charge < -0.3 is 14.6 Å². The van der Waals surface area contributed by atoms with Gasteiger partial charge in [0.05, 0.1) is 13.2 Å². The monoisotopic (exact) mass is 368 g/mol. The number of fused-ring (bicyclic) bond motifs is 1. The lowest BCUT2D eigenvalue weighted by molar-refractivity contribution is 0.275. The lowest BCUT2D eigenvalue weighted by Crippen LogP contribution is -1.99. The minimum Gasteiger partial charge on any atom is -0.493 e. The topological polar surface area (TPSA) is 38.7 Å². The summed E-state index contributed by atoms with van der Waals surface area (Å²) in [5.74, 6) is 1.59. The van der Waals surface area contributed by atoms with Crippen molar-refractivity contribution in [1.82, 2.24) is 0 Å². The third-order valence-electron chi connectivity index (χ3n) is 3.41. The number of aliphatic hydroxyl groups excluding tert-OH is 1. The largest absolute Gasteiger partial charge is 0.493 e. The van der Waals surface area contributed by atoms with Crippen molar-refractivity contribution in [2.75, 3.05) is 6.61 Å². The fourth-order valence-corrected chi connectivity index (χ4v) is 3.01. The van der Waals surface area contributed by atoms with Gasteiger partial charge in [-0.3, -0.25) is 0 Å². The molecule has 0 bridgehead atoms. The van der Waals surface area contributed by atoms with Gasteiger partial charge in [0, 0.05) is 21.5 Å². The fourth-order valence-electron chi connectivity index (χ4n) is 2.38. The molecule has 0 radical (unpaired) electrons. The van der Waals surface area contributed by atoms with E-state index in [1.165, 1.54) is 0 Å². The molecule has 0 aromatic heterocycles. The summed E-state index contributed by atoms with van der Waals surface area (Å²) >= 11 is 9.51. The molecule has 0 unspecified atom stereocenters. The van der Waals surface area contributed by atoms with Crippen LogP contribution in [0.1, 0.15) is 16.7 Å². The van der Waals surface area contributed by atoms with Crippen LogP contribution in [0.25, 0.3) is 0 Å². The van der Waals surface area contributed by atoms with E-state index >= 15 is 0 Å². The molecule has 0 amide bonds. The standard InChI is InChI=1S/C16H14BrClO3/c17-15-2-1-14(7-11(15)8-19)21-9-12-6-13(18)5-10-3-4-20-16(10)12/h1-2,5-7,19H,3-4,8-9H2. The third-order valence-corrected chi connectivity index (χ3v) is 4.40. The molecule has 0 saturated carbocycles. The van der Waals surface area contributed by atoms with E-state index in [1.807, 2.05) is 30.3 Å². The Hall–Kier alpha value is -1.23. The van der Waals surface area contributed by atoms with E-state index in [1.54, 1.807) is 0 Å². The summed E-state index contributed by atoms with van der Waals surface area (Å²) in [6, 6.07) is 9.35. The number of benzene rings is 2. The molecule has 5 heteroatoms. The molecule has 1 N–H and O–H groups in total. The van der Waals surface area contributed by atoms with Crippen LogP contribution >= 0.6 is 27.5 Å². The minimum atomic E-state index is -0.0343. The van der Waals surface area contributed by atoms with E-state index < -0.39 is 0 Å². The van der Waals surface area contributed by atoms with Crippen molar-refractivity contribution in [2.24, 2.45) is 0 Å². The highest BCUT2D eigenvalue weighted by atomic mass is 79.9. The first kappa shape index (κ1) is 14.7. The van der Waals surface area contributed by atoms with E-state index in [4.69, 9.17) is 21.1 Å². The molecule has 2 aromatic carbocycles. The van der Waals surface area contributed by atoms with Gasteiger partial charge in [-0.25, -0.2) is 0 Å². The average molecular weight is 370 g/mol. The molecule has 0 spiro atoms. The van der Waals surface area contributed by atoms with Gasteiger partial charge in [0.15, 0.2) is 0 Å². The van der Waals surface area contributed by atoms with Crippen LogP contribution in [0.15, 0.2) is 34.8 Å². The molecule has 3 rings (SSSR count). The predicted octanol–water partition coefficient (Wildman–Crippen LogP) is 4.11. The van der Waals surface area contributed by atoms with Gasteiger partial charge >= 0.3 is 0 Å². The quantitative estimate of drug-likeness (QED) is 0.881. The molecule has 1 aliphatic rings. The Balaban J connectivity index is 1.79. The Labute approximate surface area is 136 Å². The molecule has 21 heavy (non-hydrogen) atoms. The maximum atomic E-state index is 9.27. The number of hydrogen-bond acceptors (Lipinski definition) is 3. The van der Waals surface area contributed by atoms with Crippen LogP contribution in [-0.4, -0.2) is 11.7 Å². The van der Waals surface area contributed by atoms with Crippen LogP contribution in [0.2, 0.25) is 5.02 Å². The number of aliphatic hydroxyl groups is 1. The number of ether oxygens (including phenoxy) is 2. The lowest BCUT2D eigenvalue weighted by atomic mass is 10.1. The highest BCUT2D eigenvalue weighted by Crippen LogP contribution is 2.33. The highest BCUT2D eigenvalue weighted by molar-refractivity contribution is 9.10. The number of halogens is 2. The number of hydrogen-bond donors (Lipinski definition) is 1. The molecule has 1 aliphatic heterocycles. The molecule has 0 fully saturated rings. The van der Waals surface area contributed by atoms with Crippen LogP contribution in [0, 0.1) is 0 Å². The van der Waals surface area contributed by atoms with Gasteiger partial charge in [0.2, 0.25) is 0 Å². The van der Waals surface area contributed by atoms with Crippen LogP contribution in [0.5, 0.6) is 11.5 Å². The van der Waals surface area contributed by atoms with Crippen molar-refractivity contribution in [3.05, 3.63) is 56.5 Å². The molecule has 0 aliphatic carbocycles. The zero-order valence-electron chi connectivity index (χ0n) is 11.2. The SMILES string of the molecule is OCc1cc(OCc2cc(Cl)cc3c2OCC3)ccc1Br. The van der Waals surface area contributed by atoms with Gasteiger partial charge in [-0.2, -0.15) is 0 Å². The van der Waals surface area contributed by atoms with Crippen LogP contribution in [-0.2, 0) is 19.6 Å². The smallest absolute Gasteiger partial charge is 0.129 e. The third kappa shape index (κ3) is 3.18. The Bertz CT molecular complexity index is 673. The van der Waals surface area contributed by atoms with Gasteiger partial charge in [-0.1, -0.05) is 27.5 Å². The molecule has 110 valence electrons. The Kier molecular flexibility index (Phi) is 4.38. The molecule has 1 heterocycles. The molecular formula is C16H14BrClO3. The summed E-state index contributed by atoms with van der Waals surface area (Å²) in [5, 5.41) is 9.97. The summed E-state index contributed by atoms with van der Waals surface area (Å²) in [5.41, 5.74) is 2.87. The van der Waals surface area contributed by atoms with E-state index in [9.17, 15) is 5.11 Å². The maximum Gasteiger partial charge on any atom is 0.129 e. The zero-order valence-corrected chi connectivity index (χ0v) is 13.6. The molecule has 0 atom stereocenters. The zero-order chi connectivity index (χ0) is 14.8. The molecule has 3 nitrogen and oxygen atoms in total. The van der Waals surface area contributed by atoms with Gasteiger partial charge in [0.1, 0.15) is 18.1 Å². The summed E-state index contributed by atoms with van der Waals surface area (Å²) in [6.45, 7) is 1.04. The predicted molar refractivity (Wildman–Crippen MR) is 85.0 cm³/mol. The highest BCUT2D eigenvalue weighted by Gasteiger charge is 2.18. The van der Waals surface area contributed by atoms with E-state index in [0.717, 1.165) is 33.3 Å². The van der Waals surface area contributed by atoms with E-state index in [-0.39, 0.29) is 6.61 Å². The van der Waals surface area contributed by atoms with Crippen molar-refractivity contribution >= 4 is 27.5 Å². The summed E-state index contributed by atoms with van der Waals surface area (Å²) < 4.78 is 12.3. The van der Waals surface area contributed by atoms with Crippen LogP contribution in [0.4, 0.5) is 0 Å². The Morgan fingerprint density at radius 2 is 2.10 bits per heavy atom. The van der Waals surface area contributed by atoms with Crippen LogP contribution < -0.4 is 9.47 Å². The van der Waals surface area contributed by atoms with Crippen molar-refractivity contribution in [2.45, 2.75) is 19.6 Å². The average Bonchev–Trinajstić information content (AvgIpc) is 2.94. The second-order valence-electron chi connectivity index (χ2n) is 4.85. The summed E-state index contributed by atoms with van der Waals surface area (Å²) in [7, 11) is 0. The first-order chi connectivity index (χ1) is 10.2. The van der Waals surface area contributed by atoms with Crippen molar-refractivity contribution < 1.29 is 14.6 Å². The number of rotatable bonds is 4. The normalized spacial score (nSPS) is 12.9. The lowest BCUT2D eigenvalue weighted by Gasteiger charge is -2.12. The first-order valence-corrected chi connectivity index (χ1v) is 7.80. The van der Waals surface area contributed by atoms with Gasteiger partial charge in [-0.05, 0) is 41.5 Å². The maximum absolute atomic E-state index is 9.27. The summed E-state index contributed by atoms with van der Waals surface area (Å²) in [6.07, 6.45) is 0.885. The first-order valence-electron chi connectivity index (χ1n) is 6.63. The molecular weight excluding hydrogens is 356 g/mol. The van der Waals surface area contributed by atoms with Gasteiger partial charge in [0.25, 0.3) is 0 Å². The van der Waals surface area contributed by atoms with E-state index in [0.29, 0.717) is 24.0 Å². The minimum absolute atomic E-state index is 0.0343. The van der Waals surface area contributed by atoms with E-state index in [2.05, 4.69) is 15.9 Å². The molecule has 0 saturated heterocycles. The Morgan fingerprint density at radius 3 is 2.90 bits per heavy atom.